The van der Waals surface area contributed by atoms with E-state index in [0.717, 1.165) is 4.31 Å². The molecule has 0 aliphatic heterocycles. The molecule has 2 N–H and O–H groups in total. The second-order valence-electron chi connectivity index (χ2n) is 5.19. The first-order valence-electron chi connectivity index (χ1n) is 7.50. The lowest BCUT2D eigenvalue weighted by Gasteiger charge is -2.23. The number of anilines is 1. The van der Waals surface area contributed by atoms with Gasteiger partial charge < -0.3 is 19.9 Å². The van der Waals surface area contributed by atoms with Crippen molar-refractivity contribution in [2.24, 2.45) is 5.73 Å². The van der Waals surface area contributed by atoms with Crippen molar-refractivity contribution in [3.05, 3.63) is 42.5 Å². The summed E-state index contributed by atoms with van der Waals surface area (Å²) in [7, 11) is 0.275. The fraction of sp³-hybridized carbons (Fsp3) is 0.235. The van der Waals surface area contributed by atoms with E-state index in [2.05, 4.69) is 0 Å². The molecule has 2 rings (SSSR count). The van der Waals surface area contributed by atoms with Crippen molar-refractivity contribution in [1.29, 1.82) is 0 Å². The quantitative estimate of drug-likeness (QED) is 0.741. The summed E-state index contributed by atoms with van der Waals surface area (Å²) in [5.41, 5.74) is 5.53. The standard InChI is InChI=1S/C17H20N2O6S/c1-23-13-6-4-12(5-7-13)19(11-17(18)20)26(21,22)14-8-9-15(24-2)16(10-14)25-3/h4-10H,11H2,1-3H3,(H2,18,20). The van der Waals surface area contributed by atoms with Crippen LogP contribution in [0.1, 0.15) is 0 Å². The summed E-state index contributed by atoms with van der Waals surface area (Å²) in [5, 5.41) is 0. The molecule has 0 heterocycles. The average molecular weight is 380 g/mol. The Hall–Kier alpha value is -2.94. The molecule has 0 spiro atoms. The predicted molar refractivity (Wildman–Crippen MR) is 96.3 cm³/mol. The molecule has 26 heavy (non-hydrogen) atoms. The van der Waals surface area contributed by atoms with Crippen LogP contribution in [0.4, 0.5) is 5.69 Å². The van der Waals surface area contributed by atoms with Gasteiger partial charge in [-0.2, -0.15) is 0 Å². The minimum absolute atomic E-state index is 0.0628. The Morgan fingerprint density at radius 2 is 1.58 bits per heavy atom. The minimum atomic E-state index is -4.07. The summed E-state index contributed by atoms with van der Waals surface area (Å²) in [6.07, 6.45) is 0. The molecule has 0 aromatic heterocycles. The lowest BCUT2D eigenvalue weighted by atomic mass is 10.3. The number of methoxy groups -OCH3 is 3. The van der Waals surface area contributed by atoms with Crippen molar-refractivity contribution in [2.45, 2.75) is 4.90 Å². The topological polar surface area (TPSA) is 108 Å². The van der Waals surface area contributed by atoms with E-state index < -0.39 is 22.5 Å². The first kappa shape index (κ1) is 19.4. The SMILES string of the molecule is COc1ccc(N(CC(N)=O)S(=O)(=O)c2ccc(OC)c(OC)c2)cc1. The van der Waals surface area contributed by atoms with E-state index >= 15 is 0 Å². The molecule has 1 amide bonds. The summed E-state index contributed by atoms with van der Waals surface area (Å²) < 4.78 is 42.4. The Labute approximate surface area is 152 Å². The van der Waals surface area contributed by atoms with E-state index in [-0.39, 0.29) is 16.3 Å². The van der Waals surface area contributed by atoms with Gasteiger partial charge in [-0.25, -0.2) is 8.42 Å². The summed E-state index contributed by atoms with van der Waals surface area (Å²) in [4.78, 5) is 11.4. The van der Waals surface area contributed by atoms with Gasteiger partial charge >= 0.3 is 0 Å². The zero-order valence-electron chi connectivity index (χ0n) is 14.6. The van der Waals surface area contributed by atoms with Crippen LogP contribution in [0.2, 0.25) is 0 Å². The van der Waals surface area contributed by atoms with Crippen molar-refractivity contribution in [3.63, 3.8) is 0 Å². The second kappa shape index (κ2) is 7.96. The van der Waals surface area contributed by atoms with Crippen LogP contribution in [0.5, 0.6) is 17.2 Å². The molecule has 0 saturated heterocycles. The fourth-order valence-electron chi connectivity index (χ4n) is 2.31. The van der Waals surface area contributed by atoms with Gasteiger partial charge in [0.05, 0.1) is 31.9 Å². The molecule has 0 saturated carbocycles. The fourth-order valence-corrected chi connectivity index (χ4v) is 3.76. The number of ether oxygens (including phenoxy) is 3. The number of carbonyl (C=O) groups is 1. The zero-order chi connectivity index (χ0) is 19.3. The van der Waals surface area contributed by atoms with E-state index in [0.29, 0.717) is 11.5 Å². The largest absolute Gasteiger partial charge is 0.497 e. The summed E-state index contributed by atoms with van der Waals surface area (Å²) in [6.45, 7) is -0.511. The smallest absolute Gasteiger partial charge is 0.264 e. The number of nitrogens with zero attached hydrogens (tertiary/aromatic N) is 1. The maximum atomic E-state index is 13.1. The van der Waals surface area contributed by atoms with Crippen LogP contribution in [-0.4, -0.2) is 42.2 Å². The summed E-state index contributed by atoms with van der Waals surface area (Å²) in [6, 6.07) is 10.4. The second-order valence-corrected chi connectivity index (χ2v) is 7.06. The summed E-state index contributed by atoms with van der Waals surface area (Å²) >= 11 is 0. The van der Waals surface area contributed by atoms with Gasteiger partial charge in [-0.05, 0) is 36.4 Å². The lowest BCUT2D eigenvalue weighted by molar-refractivity contribution is -0.116. The molecule has 0 bridgehead atoms. The molecular formula is C17H20N2O6S. The van der Waals surface area contributed by atoms with Gasteiger partial charge in [-0.3, -0.25) is 9.10 Å². The van der Waals surface area contributed by atoms with Crippen molar-refractivity contribution in [2.75, 3.05) is 32.2 Å². The van der Waals surface area contributed by atoms with Crippen molar-refractivity contribution < 1.29 is 27.4 Å². The number of rotatable bonds is 8. The number of hydrogen-bond acceptors (Lipinski definition) is 6. The number of amides is 1. The first-order chi connectivity index (χ1) is 12.3. The van der Waals surface area contributed by atoms with E-state index in [4.69, 9.17) is 19.9 Å². The van der Waals surface area contributed by atoms with Crippen molar-refractivity contribution in [3.8, 4) is 17.2 Å². The van der Waals surface area contributed by atoms with Gasteiger partial charge in [0.15, 0.2) is 11.5 Å². The molecule has 0 aliphatic carbocycles. The third-order valence-corrected chi connectivity index (χ3v) is 5.37. The molecule has 9 heteroatoms. The van der Waals surface area contributed by atoms with E-state index in [9.17, 15) is 13.2 Å². The van der Waals surface area contributed by atoms with E-state index in [1.807, 2.05) is 0 Å². The van der Waals surface area contributed by atoms with Crippen LogP contribution in [0.3, 0.4) is 0 Å². The zero-order valence-corrected chi connectivity index (χ0v) is 15.4. The number of primary amides is 1. The van der Waals surface area contributed by atoms with E-state index in [1.165, 1.54) is 51.7 Å². The third-order valence-electron chi connectivity index (χ3n) is 3.60. The van der Waals surface area contributed by atoms with Crippen LogP contribution in [0.25, 0.3) is 0 Å². The number of nitrogens with two attached hydrogens (primary N) is 1. The van der Waals surface area contributed by atoms with Gasteiger partial charge in [-0.1, -0.05) is 0 Å². The highest BCUT2D eigenvalue weighted by Gasteiger charge is 2.27. The monoisotopic (exact) mass is 380 g/mol. The Balaban J connectivity index is 2.53. The minimum Gasteiger partial charge on any atom is -0.497 e. The van der Waals surface area contributed by atoms with Gasteiger partial charge in [0, 0.05) is 6.07 Å². The first-order valence-corrected chi connectivity index (χ1v) is 8.94. The number of carbonyl (C=O) groups excluding carboxylic acids is 1. The van der Waals surface area contributed by atoms with E-state index in [1.54, 1.807) is 12.1 Å². The Morgan fingerprint density at radius 1 is 0.962 bits per heavy atom. The van der Waals surface area contributed by atoms with Gasteiger partial charge in [-0.15, -0.1) is 0 Å². The molecule has 2 aromatic rings. The van der Waals surface area contributed by atoms with Crippen molar-refractivity contribution in [1.82, 2.24) is 0 Å². The molecule has 0 atom stereocenters. The molecule has 0 radical (unpaired) electrons. The van der Waals surface area contributed by atoms with Gasteiger partial charge in [0.2, 0.25) is 5.91 Å². The molecule has 0 aliphatic rings. The van der Waals surface area contributed by atoms with Gasteiger partial charge in [0.25, 0.3) is 10.0 Å². The highest BCUT2D eigenvalue weighted by atomic mass is 32.2. The molecule has 140 valence electrons. The van der Waals surface area contributed by atoms with Crippen LogP contribution in [0, 0.1) is 0 Å². The molecule has 0 unspecified atom stereocenters. The van der Waals surface area contributed by atoms with Gasteiger partial charge in [0.1, 0.15) is 12.3 Å². The predicted octanol–water partition coefficient (Wildman–Crippen LogP) is 1.39. The average Bonchev–Trinajstić information content (AvgIpc) is 2.65. The maximum absolute atomic E-state index is 13.1. The highest BCUT2D eigenvalue weighted by Crippen LogP contribution is 2.32. The number of sulfonamides is 1. The normalized spacial score (nSPS) is 10.9. The number of benzene rings is 2. The highest BCUT2D eigenvalue weighted by molar-refractivity contribution is 7.92. The number of hydrogen-bond donors (Lipinski definition) is 1. The van der Waals surface area contributed by atoms with Crippen LogP contribution >= 0.6 is 0 Å². The van der Waals surface area contributed by atoms with Crippen molar-refractivity contribution >= 4 is 21.6 Å². The third kappa shape index (κ3) is 3.99. The van der Waals surface area contributed by atoms with Crippen LogP contribution in [-0.2, 0) is 14.8 Å². The Morgan fingerprint density at radius 3 is 2.08 bits per heavy atom. The Kier molecular flexibility index (Phi) is 5.93. The maximum Gasteiger partial charge on any atom is 0.264 e. The van der Waals surface area contributed by atoms with Crippen LogP contribution < -0.4 is 24.2 Å². The van der Waals surface area contributed by atoms with Crippen LogP contribution in [0.15, 0.2) is 47.4 Å². The Bertz CT molecular complexity index is 881. The molecular weight excluding hydrogens is 360 g/mol. The molecule has 8 nitrogen and oxygen atoms in total. The molecule has 0 fully saturated rings. The summed E-state index contributed by atoms with van der Waals surface area (Å²) in [5.74, 6) is 0.404. The lowest BCUT2D eigenvalue weighted by Crippen LogP contribution is -2.38. The molecule has 2 aromatic carbocycles.